The largest absolute Gasteiger partial charge is 0.394 e. The zero-order chi connectivity index (χ0) is 23.4. The third kappa shape index (κ3) is 3.42. The van der Waals surface area contributed by atoms with Crippen LogP contribution in [0.5, 0.6) is 0 Å². The second-order valence-electron chi connectivity index (χ2n) is 9.48. The standard InChI is InChI=1S/C21H28FN3O6Si/c1-12-19(32(2,3)22)17(10-18(27)24-8-4-5-14(24)11-26)31-21(12)15-9-13(25(29)30)6-7-16(15)23-20(21)28/h6-7,9,12,14,17,19,26H,4-5,8,10-11H2,1-3H3,(H,23,28)/t12-,14+,17+,19-,21+/m1/s1. The number of anilines is 1. The lowest BCUT2D eigenvalue weighted by atomic mass is 9.82. The van der Waals surface area contributed by atoms with E-state index in [-0.39, 0.29) is 30.7 Å². The summed E-state index contributed by atoms with van der Waals surface area (Å²) in [6.07, 6.45) is 0.542. The first-order valence-electron chi connectivity index (χ1n) is 10.9. The van der Waals surface area contributed by atoms with Crippen LogP contribution in [-0.4, -0.2) is 60.4 Å². The summed E-state index contributed by atoms with van der Waals surface area (Å²) in [4.78, 5) is 38.6. The molecule has 5 atom stereocenters. The highest BCUT2D eigenvalue weighted by molar-refractivity contribution is 6.72. The van der Waals surface area contributed by atoms with Gasteiger partial charge in [0.2, 0.25) is 14.3 Å². The second kappa shape index (κ2) is 7.89. The van der Waals surface area contributed by atoms with Gasteiger partial charge in [-0.1, -0.05) is 6.92 Å². The van der Waals surface area contributed by atoms with Crippen LogP contribution >= 0.6 is 0 Å². The summed E-state index contributed by atoms with van der Waals surface area (Å²) in [7, 11) is -3.42. The zero-order valence-corrected chi connectivity index (χ0v) is 19.3. The number of carbonyl (C=O) groups excluding carboxylic acids is 2. The molecule has 9 nitrogen and oxygen atoms in total. The van der Waals surface area contributed by atoms with Gasteiger partial charge in [-0.3, -0.25) is 19.7 Å². The van der Waals surface area contributed by atoms with Crippen molar-refractivity contribution in [1.82, 2.24) is 4.90 Å². The Morgan fingerprint density at radius 2 is 2.19 bits per heavy atom. The molecule has 2 fully saturated rings. The van der Waals surface area contributed by atoms with E-state index in [0.29, 0.717) is 24.2 Å². The number of ether oxygens (including phenoxy) is 1. The second-order valence-corrected chi connectivity index (χ2v) is 13.3. The van der Waals surface area contributed by atoms with E-state index in [4.69, 9.17) is 4.74 Å². The maximum Gasteiger partial charge on any atom is 0.269 e. The van der Waals surface area contributed by atoms with E-state index in [1.54, 1.807) is 11.8 Å². The molecule has 2 saturated heterocycles. The number of nitro groups is 1. The molecule has 1 aromatic carbocycles. The Morgan fingerprint density at radius 3 is 2.81 bits per heavy atom. The molecule has 0 saturated carbocycles. The van der Waals surface area contributed by atoms with Gasteiger partial charge in [-0.15, -0.1) is 0 Å². The lowest BCUT2D eigenvalue weighted by molar-refractivity contribution is -0.385. The number of fused-ring (bicyclic) bond motifs is 2. The number of amides is 2. The van der Waals surface area contributed by atoms with E-state index in [0.717, 1.165) is 6.42 Å². The average Bonchev–Trinajstić information content (AvgIpc) is 3.37. The summed E-state index contributed by atoms with van der Waals surface area (Å²) >= 11 is 0. The first-order valence-corrected chi connectivity index (χ1v) is 13.8. The lowest BCUT2D eigenvalue weighted by Crippen LogP contribution is -2.42. The van der Waals surface area contributed by atoms with Gasteiger partial charge in [-0.05, 0) is 32.0 Å². The van der Waals surface area contributed by atoms with Crippen molar-refractivity contribution in [3.05, 3.63) is 33.9 Å². The number of hydrogen-bond donors (Lipinski definition) is 2. The normalized spacial score (nSPS) is 31.8. The number of rotatable bonds is 5. The minimum Gasteiger partial charge on any atom is -0.394 e. The maximum absolute atomic E-state index is 15.6. The summed E-state index contributed by atoms with van der Waals surface area (Å²) in [6.45, 7) is 5.17. The number of nitrogens with one attached hydrogen (secondary N) is 1. The molecular weight excluding hydrogens is 437 g/mol. The van der Waals surface area contributed by atoms with Crippen LogP contribution in [0.2, 0.25) is 18.6 Å². The molecule has 0 bridgehead atoms. The van der Waals surface area contributed by atoms with Crippen molar-refractivity contribution in [1.29, 1.82) is 0 Å². The molecule has 0 aromatic heterocycles. The smallest absolute Gasteiger partial charge is 0.269 e. The molecule has 0 unspecified atom stereocenters. The summed E-state index contributed by atoms with van der Waals surface area (Å²) < 4.78 is 21.9. The number of hydrogen-bond acceptors (Lipinski definition) is 6. The SMILES string of the molecule is C[C@@H]1[C@@H]([Si](C)(C)F)[C@H](CC(=O)N2CCC[C@H]2CO)O[C@@]12C(=O)Nc1ccc([N+](=O)[O-])cc12. The molecule has 4 rings (SSSR count). The first-order chi connectivity index (χ1) is 15.0. The molecule has 32 heavy (non-hydrogen) atoms. The number of aliphatic hydroxyl groups is 1. The average molecular weight is 466 g/mol. The van der Waals surface area contributed by atoms with E-state index in [1.165, 1.54) is 31.3 Å². The summed E-state index contributed by atoms with van der Waals surface area (Å²) in [5, 5.41) is 23.6. The summed E-state index contributed by atoms with van der Waals surface area (Å²) in [5.74, 6) is -1.35. The van der Waals surface area contributed by atoms with Gasteiger partial charge < -0.3 is 24.2 Å². The highest BCUT2D eigenvalue weighted by Crippen LogP contribution is 2.59. The van der Waals surface area contributed by atoms with Crippen LogP contribution in [0.3, 0.4) is 0 Å². The highest BCUT2D eigenvalue weighted by atomic mass is 28.4. The first kappa shape index (κ1) is 22.8. The van der Waals surface area contributed by atoms with Crippen molar-refractivity contribution in [2.24, 2.45) is 5.92 Å². The fraction of sp³-hybridized carbons (Fsp3) is 0.619. The Labute approximate surface area is 186 Å². The van der Waals surface area contributed by atoms with E-state index in [2.05, 4.69) is 5.32 Å². The van der Waals surface area contributed by atoms with Gasteiger partial charge in [0.25, 0.3) is 11.6 Å². The predicted molar refractivity (Wildman–Crippen MR) is 116 cm³/mol. The summed E-state index contributed by atoms with van der Waals surface area (Å²) in [5.41, 5.74) is -1.73. The number of aliphatic hydroxyl groups excluding tert-OH is 1. The molecule has 11 heteroatoms. The molecule has 2 amide bonds. The molecule has 3 heterocycles. The monoisotopic (exact) mass is 465 g/mol. The third-order valence-corrected chi connectivity index (χ3v) is 9.65. The molecule has 0 aliphatic carbocycles. The van der Waals surface area contributed by atoms with Crippen molar-refractivity contribution in [2.45, 2.75) is 62.6 Å². The van der Waals surface area contributed by atoms with E-state index in [9.17, 15) is 24.8 Å². The van der Waals surface area contributed by atoms with Crippen LogP contribution in [0, 0.1) is 16.0 Å². The predicted octanol–water partition coefficient (Wildman–Crippen LogP) is 2.70. The van der Waals surface area contributed by atoms with Gasteiger partial charge >= 0.3 is 0 Å². The Hall–Kier alpha value is -2.37. The molecule has 174 valence electrons. The van der Waals surface area contributed by atoms with Crippen molar-refractivity contribution in [2.75, 3.05) is 18.5 Å². The van der Waals surface area contributed by atoms with Crippen molar-refractivity contribution >= 4 is 31.6 Å². The quantitative estimate of drug-likeness (QED) is 0.298. The number of carbonyl (C=O) groups is 2. The van der Waals surface area contributed by atoms with Gasteiger partial charge in [-0.25, -0.2) is 0 Å². The molecule has 3 aliphatic heterocycles. The highest BCUT2D eigenvalue weighted by Gasteiger charge is 2.65. The van der Waals surface area contributed by atoms with Crippen molar-refractivity contribution < 1.29 is 28.5 Å². The van der Waals surface area contributed by atoms with Gasteiger partial charge in [-0.2, -0.15) is 0 Å². The number of halogens is 1. The zero-order valence-electron chi connectivity index (χ0n) is 18.3. The molecular formula is C21H28FN3O6Si. The van der Waals surface area contributed by atoms with Crippen LogP contribution in [0.4, 0.5) is 15.5 Å². The fourth-order valence-corrected chi connectivity index (χ4v) is 8.30. The third-order valence-electron chi connectivity index (χ3n) is 7.19. The van der Waals surface area contributed by atoms with Crippen LogP contribution in [0.15, 0.2) is 18.2 Å². The van der Waals surface area contributed by atoms with Crippen LogP contribution in [0.1, 0.15) is 31.7 Å². The minimum absolute atomic E-state index is 0.106. The Balaban J connectivity index is 1.72. The van der Waals surface area contributed by atoms with Crippen LogP contribution < -0.4 is 5.32 Å². The number of nitro benzene ring substituents is 1. The van der Waals surface area contributed by atoms with Crippen LogP contribution in [-0.2, 0) is 19.9 Å². The molecule has 3 aliphatic rings. The minimum atomic E-state index is -3.42. The number of likely N-dealkylation sites (tertiary alicyclic amines) is 1. The molecule has 1 spiro atoms. The van der Waals surface area contributed by atoms with Gasteiger partial charge in [0.05, 0.1) is 30.1 Å². The maximum atomic E-state index is 15.6. The molecule has 2 N–H and O–H groups in total. The van der Waals surface area contributed by atoms with Crippen LogP contribution in [0.25, 0.3) is 0 Å². The molecule has 1 aromatic rings. The van der Waals surface area contributed by atoms with E-state index in [1.807, 2.05) is 0 Å². The number of benzene rings is 1. The van der Waals surface area contributed by atoms with Gasteiger partial charge in [0.15, 0.2) is 5.60 Å². The van der Waals surface area contributed by atoms with Crippen molar-refractivity contribution in [3.8, 4) is 0 Å². The fourth-order valence-electron chi connectivity index (χ4n) is 5.81. The topological polar surface area (TPSA) is 122 Å². The summed E-state index contributed by atoms with van der Waals surface area (Å²) in [6, 6.07) is 3.80. The Kier molecular flexibility index (Phi) is 5.62. The van der Waals surface area contributed by atoms with E-state index < -0.39 is 42.4 Å². The van der Waals surface area contributed by atoms with Gasteiger partial charge in [0.1, 0.15) is 0 Å². The Morgan fingerprint density at radius 1 is 1.47 bits per heavy atom. The number of non-ortho nitro benzene ring substituents is 1. The molecule has 0 radical (unpaired) electrons. The number of nitrogens with zero attached hydrogens (tertiary/aromatic N) is 2. The van der Waals surface area contributed by atoms with E-state index >= 15 is 4.11 Å². The van der Waals surface area contributed by atoms with Gasteiger partial charge in [0, 0.05) is 41.4 Å². The Bertz CT molecular complexity index is 969. The lowest BCUT2D eigenvalue weighted by Gasteiger charge is -2.31. The van der Waals surface area contributed by atoms with Crippen molar-refractivity contribution in [3.63, 3.8) is 0 Å².